The van der Waals surface area contributed by atoms with Crippen LogP contribution in [0.4, 0.5) is 0 Å². The molecule has 8 nitrogen and oxygen atoms in total. The van der Waals surface area contributed by atoms with Gasteiger partial charge in [-0.2, -0.15) is 0 Å². The highest BCUT2D eigenvalue weighted by atomic mass is 16.2. The van der Waals surface area contributed by atoms with Crippen LogP contribution in [0.2, 0.25) is 0 Å². The summed E-state index contributed by atoms with van der Waals surface area (Å²) in [5.41, 5.74) is 6.17. The second-order valence-electron chi connectivity index (χ2n) is 6.62. The van der Waals surface area contributed by atoms with Crippen molar-refractivity contribution < 1.29 is 19.2 Å². The van der Waals surface area contributed by atoms with E-state index >= 15 is 0 Å². The molecule has 0 aromatic heterocycles. The first kappa shape index (κ1) is 22.3. The Balaban J connectivity index is 2.91. The highest BCUT2D eigenvalue weighted by Crippen LogP contribution is 2.08. The van der Waals surface area contributed by atoms with Crippen molar-refractivity contribution >= 4 is 24.0 Å². The molecule has 0 fully saturated rings. The molecule has 0 heterocycles. The number of nitrogens with two attached hydrogens (primary N) is 1. The summed E-state index contributed by atoms with van der Waals surface area (Å²) in [4.78, 5) is 47.2. The quantitative estimate of drug-likeness (QED) is 0.388. The molecule has 1 aromatic rings. The molecule has 0 aliphatic heterocycles. The standard InChI is InChI=1S/C19H28N4O4/c1-13(2)10-15(22-17(25)12-20)19(27)23-16(18(26)21-8-9-24)11-14-6-4-3-5-7-14/h3-7,9,13,15-16H,8,10-12,20H2,1-2H3,(H,21,26)(H,22,25)(H,23,27)/t15-,16-/m0/s1. The normalized spacial score (nSPS) is 12.7. The molecule has 0 unspecified atom stereocenters. The van der Waals surface area contributed by atoms with Crippen LogP contribution in [-0.4, -0.2) is 49.2 Å². The number of rotatable bonds is 11. The van der Waals surface area contributed by atoms with E-state index in [1.165, 1.54) is 0 Å². The molecular formula is C19H28N4O4. The molecule has 1 rings (SSSR count). The highest BCUT2D eigenvalue weighted by Gasteiger charge is 2.27. The Morgan fingerprint density at radius 3 is 2.26 bits per heavy atom. The van der Waals surface area contributed by atoms with Crippen LogP contribution in [0.15, 0.2) is 30.3 Å². The number of hydrogen-bond acceptors (Lipinski definition) is 5. The molecule has 0 aliphatic rings. The van der Waals surface area contributed by atoms with Gasteiger partial charge in [0, 0.05) is 6.42 Å². The summed E-state index contributed by atoms with van der Waals surface area (Å²) >= 11 is 0. The van der Waals surface area contributed by atoms with Crippen molar-refractivity contribution in [1.29, 1.82) is 0 Å². The van der Waals surface area contributed by atoms with Gasteiger partial charge in [-0.1, -0.05) is 44.2 Å². The molecule has 2 atom stereocenters. The third kappa shape index (κ3) is 8.46. The fourth-order valence-corrected chi connectivity index (χ4v) is 2.55. The van der Waals surface area contributed by atoms with Crippen LogP contribution in [0.1, 0.15) is 25.8 Å². The highest BCUT2D eigenvalue weighted by molar-refractivity contribution is 5.92. The Morgan fingerprint density at radius 1 is 1.04 bits per heavy atom. The molecule has 0 bridgehead atoms. The molecule has 8 heteroatoms. The van der Waals surface area contributed by atoms with Crippen LogP contribution >= 0.6 is 0 Å². The van der Waals surface area contributed by atoms with E-state index in [4.69, 9.17) is 5.73 Å². The molecule has 5 N–H and O–H groups in total. The lowest BCUT2D eigenvalue weighted by atomic mass is 10.0. The summed E-state index contributed by atoms with van der Waals surface area (Å²) in [6.45, 7) is 3.48. The number of aldehydes is 1. The zero-order valence-corrected chi connectivity index (χ0v) is 15.7. The summed E-state index contributed by atoms with van der Waals surface area (Å²) < 4.78 is 0. The number of benzene rings is 1. The van der Waals surface area contributed by atoms with Gasteiger partial charge in [-0.05, 0) is 17.9 Å². The van der Waals surface area contributed by atoms with Gasteiger partial charge in [0.25, 0.3) is 0 Å². The monoisotopic (exact) mass is 376 g/mol. The zero-order chi connectivity index (χ0) is 20.2. The van der Waals surface area contributed by atoms with Gasteiger partial charge in [0.05, 0.1) is 13.1 Å². The Morgan fingerprint density at radius 2 is 1.70 bits per heavy atom. The van der Waals surface area contributed by atoms with E-state index in [-0.39, 0.29) is 25.4 Å². The average molecular weight is 376 g/mol. The first-order valence-corrected chi connectivity index (χ1v) is 8.92. The van der Waals surface area contributed by atoms with Crippen molar-refractivity contribution in [3.63, 3.8) is 0 Å². The van der Waals surface area contributed by atoms with Crippen molar-refractivity contribution in [3.05, 3.63) is 35.9 Å². The number of hydrogen-bond donors (Lipinski definition) is 4. The SMILES string of the molecule is CC(C)C[C@H](NC(=O)CN)C(=O)N[C@@H](Cc1ccccc1)C(=O)NCC=O. The van der Waals surface area contributed by atoms with Gasteiger partial charge in [-0.15, -0.1) is 0 Å². The van der Waals surface area contributed by atoms with E-state index in [0.29, 0.717) is 12.7 Å². The molecule has 3 amide bonds. The van der Waals surface area contributed by atoms with E-state index in [1.54, 1.807) is 0 Å². The first-order chi connectivity index (χ1) is 12.9. The summed E-state index contributed by atoms with van der Waals surface area (Å²) in [6.07, 6.45) is 1.24. The maximum Gasteiger partial charge on any atom is 0.243 e. The van der Waals surface area contributed by atoms with Crippen molar-refractivity contribution in [3.8, 4) is 0 Å². The Kier molecular flexibility index (Phi) is 9.74. The van der Waals surface area contributed by atoms with Crippen molar-refractivity contribution in [1.82, 2.24) is 16.0 Å². The molecule has 0 saturated carbocycles. The van der Waals surface area contributed by atoms with Crippen molar-refractivity contribution in [2.45, 2.75) is 38.8 Å². The van der Waals surface area contributed by atoms with E-state index in [9.17, 15) is 19.2 Å². The minimum absolute atomic E-state index is 0.140. The minimum atomic E-state index is -0.871. The van der Waals surface area contributed by atoms with Crippen LogP contribution in [0.25, 0.3) is 0 Å². The fourth-order valence-electron chi connectivity index (χ4n) is 2.55. The smallest absolute Gasteiger partial charge is 0.243 e. The summed E-state index contributed by atoms with van der Waals surface area (Å²) in [5.74, 6) is -1.23. The number of carbonyl (C=O) groups is 4. The fraction of sp³-hybridized carbons (Fsp3) is 0.474. The lowest BCUT2D eigenvalue weighted by molar-refractivity contribution is -0.132. The van der Waals surface area contributed by atoms with Gasteiger partial charge < -0.3 is 26.5 Å². The van der Waals surface area contributed by atoms with Crippen LogP contribution in [0.5, 0.6) is 0 Å². The van der Waals surface area contributed by atoms with Gasteiger partial charge >= 0.3 is 0 Å². The molecule has 1 aromatic carbocycles. The van der Waals surface area contributed by atoms with Crippen LogP contribution in [0, 0.1) is 5.92 Å². The summed E-state index contributed by atoms with van der Waals surface area (Å²) in [5, 5.41) is 7.73. The topological polar surface area (TPSA) is 130 Å². The van der Waals surface area contributed by atoms with Gasteiger partial charge in [-0.3, -0.25) is 14.4 Å². The van der Waals surface area contributed by atoms with Gasteiger partial charge in [-0.25, -0.2) is 0 Å². The molecule has 0 radical (unpaired) electrons. The van der Waals surface area contributed by atoms with Crippen molar-refractivity contribution in [2.75, 3.05) is 13.1 Å². The number of amides is 3. The summed E-state index contributed by atoms with van der Waals surface area (Å²) in [6, 6.07) is 7.54. The number of carbonyl (C=O) groups excluding carboxylic acids is 4. The molecule has 0 saturated heterocycles. The maximum absolute atomic E-state index is 12.7. The van der Waals surface area contributed by atoms with Gasteiger partial charge in [0.2, 0.25) is 17.7 Å². The van der Waals surface area contributed by atoms with E-state index < -0.39 is 29.8 Å². The summed E-state index contributed by atoms with van der Waals surface area (Å²) in [7, 11) is 0. The van der Waals surface area contributed by atoms with E-state index in [0.717, 1.165) is 5.56 Å². The number of nitrogens with one attached hydrogen (secondary N) is 3. The van der Waals surface area contributed by atoms with Crippen LogP contribution < -0.4 is 21.7 Å². The van der Waals surface area contributed by atoms with Crippen LogP contribution in [-0.2, 0) is 25.6 Å². The molecule has 148 valence electrons. The second kappa shape index (κ2) is 11.8. The molecule has 0 spiro atoms. The lowest BCUT2D eigenvalue weighted by Gasteiger charge is -2.24. The maximum atomic E-state index is 12.7. The Bertz CT molecular complexity index is 634. The molecule has 27 heavy (non-hydrogen) atoms. The zero-order valence-electron chi connectivity index (χ0n) is 15.7. The Hall–Kier alpha value is -2.74. The van der Waals surface area contributed by atoms with Gasteiger partial charge in [0.15, 0.2) is 0 Å². The third-order valence-corrected chi connectivity index (χ3v) is 3.82. The molecular weight excluding hydrogens is 348 g/mol. The molecule has 0 aliphatic carbocycles. The first-order valence-electron chi connectivity index (χ1n) is 8.92. The largest absolute Gasteiger partial charge is 0.348 e. The van der Waals surface area contributed by atoms with Crippen molar-refractivity contribution in [2.24, 2.45) is 11.7 Å². The van der Waals surface area contributed by atoms with Gasteiger partial charge in [0.1, 0.15) is 18.4 Å². The average Bonchev–Trinajstić information content (AvgIpc) is 2.65. The Labute approximate surface area is 159 Å². The predicted octanol–water partition coefficient (Wildman–Crippen LogP) is -0.481. The van der Waals surface area contributed by atoms with E-state index in [1.807, 2.05) is 44.2 Å². The van der Waals surface area contributed by atoms with E-state index in [2.05, 4.69) is 16.0 Å². The predicted molar refractivity (Wildman–Crippen MR) is 102 cm³/mol. The van der Waals surface area contributed by atoms with Crippen LogP contribution in [0.3, 0.4) is 0 Å². The minimum Gasteiger partial charge on any atom is -0.348 e. The lowest BCUT2D eigenvalue weighted by Crippen LogP contribution is -2.55. The second-order valence-corrected chi connectivity index (χ2v) is 6.62. The third-order valence-electron chi connectivity index (χ3n) is 3.82.